The van der Waals surface area contributed by atoms with Crippen molar-refractivity contribution in [2.24, 2.45) is 0 Å². The van der Waals surface area contributed by atoms with Crippen LogP contribution in [0.2, 0.25) is 0 Å². The number of hydrogen-bond donors (Lipinski definition) is 2. The van der Waals surface area contributed by atoms with E-state index in [1.54, 1.807) is 35.9 Å². The molecule has 0 saturated carbocycles. The predicted molar refractivity (Wildman–Crippen MR) is 99.5 cm³/mol. The van der Waals surface area contributed by atoms with E-state index in [1.807, 2.05) is 18.2 Å². The van der Waals surface area contributed by atoms with Gasteiger partial charge in [-0.05, 0) is 30.3 Å². The predicted octanol–water partition coefficient (Wildman–Crippen LogP) is 3.17. The average molecular weight is 355 g/mol. The lowest BCUT2D eigenvalue weighted by atomic mass is 10.3. The third kappa shape index (κ3) is 3.70. The summed E-state index contributed by atoms with van der Waals surface area (Å²) in [7, 11) is 0. The summed E-state index contributed by atoms with van der Waals surface area (Å²) in [5.41, 5.74) is 2.31. The minimum atomic E-state index is -0.301. The molecule has 1 aromatic carbocycles. The molecular weight excluding hydrogens is 338 g/mol. The second-order valence-electron chi connectivity index (χ2n) is 5.60. The molecule has 1 saturated heterocycles. The summed E-state index contributed by atoms with van der Waals surface area (Å²) < 4.78 is 6.43. The van der Waals surface area contributed by atoms with Gasteiger partial charge in [-0.1, -0.05) is 11.3 Å². The van der Waals surface area contributed by atoms with Crippen molar-refractivity contribution >= 4 is 44.1 Å². The van der Waals surface area contributed by atoms with Crippen LogP contribution in [0.4, 0.5) is 21.3 Å². The van der Waals surface area contributed by atoms with Crippen molar-refractivity contribution in [2.75, 3.05) is 41.8 Å². The van der Waals surface area contributed by atoms with Gasteiger partial charge in [0.25, 0.3) is 0 Å². The Labute approximate surface area is 148 Å². The summed E-state index contributed by atoms with van der Waals surface area (Å²) in [6, 6.07) is 8.98. The number of carbonyl (C=O) groups excluding carboxylic acids is 1. The lowest BCUT2D eigenvalue weighted by Crippen LogP contribution is -2.36. The van der Waals surface area contributed by atoms with Crippen molar-refractivity contribution in [2.45, 2.75) is 0 Å². The lowest BCUT2D eigenvalue weighted by molar-refractivity contribution is 0.122. The number of carbonyl (C=O) groups is 1. The Morgan fingerprint density at radius 3 is 2.80 bits per heavy atom. The number of urea groups is 1. The summed E-state index contributed by atoms with van der Waals surface area (Å²) in [6.45, 7) is 3.19. The molecule has 25 heavy (non-hydrogen) atoms. The minimum absolute atomic E-state index is 0.301. The van der Waals surface area contributed by atoms with Gasteiger partial charge in [0.2, 0.25) is 0 Å². The monoisotopic (exact) mass is 355 g/mol. The molecule has 3 aromatic rings. The zero-order valence-corrected chi connectivity index (χ0v) is 14.3. The molecule has 0 spiro atoms. The van der Waals surface area contributed by atoms with Gasteiger partial charge in [-0.3, -0.25) is 4.98 Å². The van der Waals surface area contributed by atoms with Crippen molar-refractivity contribution in [1.29, 1.82) is 0 Å². The first-order chi connectivity index (χ1) is 12.3. The van der Waals surface area contributed by atoms with Crippen LogP contribution in [0.5, 0.6) is 0 Å². The number of fused-ring (bicyclic) bond motifs is 1. The van der Waals surface area contributed by atoms with Crippen LogP contribution in [0, 0.1) is 0 Å². The Morgan fingerprint density at radius 1 is 1.16 bits per heavy atom. The molecular formula is C17H17N5O2S. The second-order valence-corrected chi connectivity index (χ2v) is 6.61. The number of amides is 2. The molecule has 8 heteroatoms. The van der Waals surface area contributed by atoms with Gasteiger partial charge in [0, 0.05) is 25.0 Å². The van der Waals surface area contributed by atoms with Crippen molar-refractivity contribution in [3.05, 3.63) is 42.7 Å². The first kappa shape index (κ1) is 15.8. The fraction of sp³-hybridized carbons (Fsp3) is 0.235. The van der Waals surface area contributed by atoms with Gasteiger partial charge in [0.1, 0.15) is 0 Å². The summed E-state index contributed by atoms with van der Waals surface area (Å²) in [4.78, 5) is 23.0. The summed E-state index contributed by atoms with van der Waals surface area (Å²) in [5, 5.41) is 6.58. The van der Waals surface area contributed by atoms with Gasteiger partial charge >= 0.3 is 6.03 Å². The van der Waals surface area contributed by atoms with Crippen LogP contribution < -0.4 is 15.5 Å². The highest BCUT2D eigenvalue weighted by Gasteiger charge is 2.15. The van der Waals surface area contributed by atoms with Crippen molar-refractivity contribution in [1.82, 2.24) is 9.97 Å². The number of pyridine rings is 1. The maximum absolute atomic E-state index is 12.1. The molecule has 4 rings (SSSR count). The van der Waals surface area contributed by atoms with Crippen LogP contribution in [0.15, 0.2) is 42.7 Å². The van der Waals surface area contributed by atoms with E-state index in [2.05, 4.69) is 25.5 Å². The normalized spacial score (nSPS) is 14.5. The molecule has 2 aromatic heterocycles. The molecule has 0 radical (unpaired) electrons. The molecule has 1 fully saturated rings. The average Bonchev–Trinajstić information content (AvgIpc) is 3.06. The fourth-order valence-electron chi connectivity index (χ4n) is 2.61. The Bertz CT molecular complexity index is 877. The number of hydrogen-bond acceptors (Lipinski definition) is 6. The summed E-state index contributed by atoms with van der Waals surface area (Å²) in [5.74, 6) is 0. The van der Waals surface area contributed by atoms with Crippen molar-refractivity contribution < 1.29 is 9.53 Å². The highest BCUT2D eigenvalue weighted by Crippen LogP contribution is 2.31. The van der Waals surface area contributed by atoms with E-state index in [1.165, 1.54) is 0 Å². The van der Waals surface area contributed by atoms with E-state index in [-0.39, 0.29) is 6.03 Å². The lowest BCUT2D eigenvalue weighted by Gasteiger charge is -2.25. The number of benzene rings is 1. The minimum Gasteiger partial charge on any atom is -0.378 e. The molecule has 0 atom stereocenters. The fourth-order valence-corrected chi connectivity index (χ4v) is 3.67. The van der Waals surface area contributed by atoms with E-state index in [4.69, 9.17) is 4.74 Å². The first-order valence-corrected chi connectivity index (χ1v) is 8.81. The van der Waals surface area contributed by atoms with E-state index in [0.29, 0.717) is 5.69 Å². The molecule has 7 nitrogen and oxygen atoms in total. The van der Waals surface area contributed by atoms with E-state index < -0.39 is 0 Å². The smallest absolute Gasteiger partial charge is 0.323 e. The maximum Gasteiger partial charge on any atom is 0.323 e. The number of thiazole rings is 1. The van der Waals surface area contributed by atoms with Gasteiger partial charge in [-0.2, -0.15) is 0 Å². The Balaban J connectivity index is 1.48. The number of rotatable bonds is 3. The zero-order valence-electron chi connectivity index (χ0n) is 13.4. The van der Waals surface area contributed by atoms with Crippen LogP contribution in [-0.2, 0) is 4.74 Å². The Morgan fingerprint density at radius 2 is 2.00 bits per heavy atom. The number of morpholine rings is 1. The molecule has 128 valence electrons. The first-order valence-electron chi connectivity index (χ1n) is 7.99. The van der Waals surface area contributed by atoms with Gasteiger partial charge in [0.05, 0.1) is 35.3 Å². The van der Waals surface area contributed by atoms with Crippen molar-refractivity contribution in [3.63, 3.8) is 0 Å². The van der Waals surface area contributed by atoms with Crippen LogP contribution in [0.3, 0.4) is 0 Å². The van der Waals surface area contributed by atoms with Gasteiger partial charge in [0.15, 0.2) is 5.13 Å². The molecule has 3 heterocycles. The van der Waals surface area contributed by atoms with Crippen LogP contribution in [0.25, 0.3) is 10.2 Å². The quantitative estimate of drug-likeness (QED) is 0.754. The van der Waals surface area contributed by atoms with E-state index in [9.17, 15) is 4.79 Å². The molecule has 0 unspecified atom stereocenters. The molecule has 0 aliphatic carbocycles. The van der Waals surface area contributed by atoms with Crippen LogP contribution in [0.1, 0.15) is 0 Å². The largest absolute Gasteiger partial charge is 0.378 e. The van der Waals surface area contributed by atoms with Gasteiger partial charge in [-0.15, -0.1) is 0 Å². The standard InChI is InChI=1S/C17H17N5O2S/c23-16(20-13-2-1-5-18-11-13)19-12-3-4-14-15(10-12)25-17(21-14)22-6-8-24-9-7-22/h1-5,10-11H,6-9H2,(H2,19,20,23). The second kappa shape index (κ2) is 7.04. The van der Waals surface area contributed by atoms with Gasteiger partial charge < -0.3 is 20.3 Å². The summed E-state index contributed by atoms with van der Waals surface area (Å²) >= 11 is 1.63. The van der Waals surface area contributed by atoms with E-state index in [0.717, 1.165) is 47.3 Å². The number of nitrogens with zero attached hydrogens (tertiary/aromatic N) is 3. The van der Waals surface area contributed by atoms with Crippen molar-refractivity contribution in [3.8, 4) is 0 Å². The molecule has 2 amide bonds. The van der Waals surface area contributed by atoms with Crippen LogP contribution in [-0.4, -0.2) is 42.3 Å². The van der Waals surface area contributed by atoms with Crippen LogP contribution >= 0.6 is 11.3 Å². The third-order valence-electron chi connectivity index (χ3n) is 3.84. The third-order valence-corrected chi connectivity index (χ3v) is 4.91. The molecule has 1 aliphatic heterocycles. The zero-order chi connectivity index (χ0) is 17.1. The Hall–Kier alpha value is -2.71. The molecule has 2 N–H and O–H groups in total. The Kier molecular flexibility index (Phi) is 4.45. The SMILES string of the molecule is O=C(Nc1cccnc1)Nc1ccc2nc(N3CCOCC3)sc2c1. The molecule has 1 aliphatic rings. The highest BCUT2D eigenvalue weighted by atomic mass is 32.1. The number of anilines is 3. The summed E-state index contributed by atoms with van der Waals surface area (Å²) in [6.07, 6.45) is 3.26. The topological polar surface area (TPSA) is 79.4 Å². The number of nitrogens with one attached hydrogen (secondary N) is 2. The van der Waals surface area contributed by atoms with Gasteiger partial charge in [-0.25, -0.2) is 9.78 Å². The number of ether oxygens (including phenoxy) is 1. The number of aromatic nitrogens is 2. The molecule has 0 bridgehead atoms. The maximum atomic E-state index is 12.1. The highest BCUT2D eigenvalue weighted by molar-refractivity contribution is 7.22. The van der Waals surface area contributed by atoms with E-state index >= 15 is 0 Å².